The summed E-state index contributed by atoms with van der Waals surface area (Å²) in [6, 6.07) is 14.7. The number of benzene rings is 2. The van der Waals surface area contributed by atoms with E-state index in [0.717, 1.165) is 11.3 Å². The van der Waals surface area contributed by atoms with Crippen molar-refractivity contribution >= 4 is 34.8 Å². The largest absolute Gasteiger partial charge is 0.330 e. The number of quaternary nitrogens is 1. The smallest absolute Gasteiger partial charge is 0.282 e. The van der Waals surface area contributed by atoms with Crippen LogP contribution in [0.25, 0.3) is 0 Å². The Morgan fingerprint density at radius 1 is 1.05 bits per heavy atom. The van der Waals surface area contributed by atoms with Gasteiger partial charge in [-0.25, -0.2) is 0 Å². The van der Waals surface area contributed by atoms with Gasteiger partial charge in [0.2, 0.25) is 0 Å². The fraction of sp³-hybridized carbons (Fsp3) is 0.235. The van der Waals surface area contributed by atoms with E-state index in [-0.39, 0.29) is 18.0 Å². The molecule has 22 heavy (non-hydrogen) atoms. The van der Waals surface area contributed by atoms with E-state index >= 15 is 0 Å². The van der Waals surface area contributed by atoms with Gasteiger partial charge in [-0.1, -0.05) is 35.3 Å². The third kappa shape index (κ3) is 4.73. The van der Waals surface area contributed by atoms with Gasteiger partial charge in [0.15, 0.2) is 6.04 Å². The van der Waals surface area contributed by atoms with Crippen LogP contribution in [0.1, 0.15) is 25.5 Å². The van der Waals surface area contributed by atoms with Crippen LogP contribution in [0, 0.1) is 0 Å². The molecule has 2 rings (SSSR count). The van der Waals surface area contributed by atoms with E-state index in [1.54, 1.807) is 24.3 Å². The zero-order valence-corrected chi connectivity index (χ0v) is 14.0. The first-order valence-corrected chi connectivity index (χ1v) is 7.88. The fourth-order valence-corrected chi connectivity index (χ4v) is 2.54. The van der Waals surface area contributed by atoms with Crippen molar-refractivity contribution in [1.82, 2.24) is 0 Å². The normalized spacial score (nSPS) is 13.5. The minimum absolute atomic E-state index is 0.0452. The monoisotopic (exact) mass is 337 g/mol. The summed E-state index contributed by atoms with van der Waals surface area (Å²) in [6.45, 7) is 3.93. The van der Waals surface area contributed by atoms with Crippen LogP contribution in [0.5, 0.6) is 0 Å². The van der Waals surface area contributed by atoms with Crippen molar-refractivity contribution in [2.75, 3.05) is 5.32 Å². The maximum absolute atomic E-state index is 12.2. The summed E-state index contributed by atoms with van der Waals surface area (Å²) in [5.74, 6) is -0.0452. The Hall–Kier alpha value is -1.55. The van der Waals surface area contributed by atoms with Gasteiger partial charge in [0.25, 0.3) is 5.91 Å². The van der Waals surface area contributed by atoms with Crippen molar-refractivity contribution < 1.29 is 10.1 Å². The van der Waals surface area contributed by atoms with Crippen molar-refractivity contribution in [2.45, 2.75) is 25.9 Å². The number of nitrogens with one attached hydrogen (secondary N) is 1. The first-order valence-electron chi connectivity index (χ1n) is 7.12. The lowest BCUT2D eigenvalue weighted by Crippen LogP contribution is -2.91. The summed E-state index contributed by atoms with van der Waals surface area (Å²) in [4.78, 5) is 12.2. The molecule has 0 saturated heterocycles. The Morgan fingerprint density at radius 2 is 1.73 bits per heavy atom. The first-order chi connectivity index (χ1) is 10.5. The first kappa shape index (κ1) is 16.8. The van der Waals surface area contributed by atoms with E-state index in [9.17, 15) is 4.79 Å². The van der Waals surface area contributed by atoms with Crippen LogP contribution < -0.4 is 10.6 Å². The Kier molecular flexibility index (Phi) is 5.83. The standard InChI is InChI=1S/C17H18Cl2N2O/c1-11(13-4-3-5-15(19)10-13)20-12(2)17(22)21-16-8-6-14(18)7-9-16/h3-12,20H,1-2H3,(H,21,22)/p+1/t11-,12+/m1/s1. The summed E-state index contributed by atoms with van der Waals surface area (Å²) < 4.78 is 0. The van der Waals surface area contributed by atoms with E-state index in [2.05, 4.69) is 12.2 Å². The average Bonchev–Trinajstić information content (AvgIpc) is 2.49. The molecule has 0 fully saturated rings. The quantitative estimate of drug-likeness (QED) is 0.859. The van der Waals surface area contributed by atoms with Crippen molar-refractivity contribution in [1.29, 1.82) is 0 Å². The maximum atomic E-state index is 12.2. The van der Waals surface area contributed by atoms with Crippen LogP contribution in [0.4, 0.5) is 5.69 Å². The minimum atomic E-state index is -0.218. The number of carbonyl (C=O) groups is 1. The molecule has 0 aliphatic carbocycles. The third-order valence-corrected chi connectivity index (χ3v) is 3.96. The van der Waals surface area contributed by atoms with Crippen molar-refractivity contribution in [2.24, 2.45) is 0 Å². The molecule has 0 unspecified atom stereocenters. The van der Waals surface area contributed by atoms with Gasteiger partial charge in [-0.2, -0.15) is 0 Å². The lowest BCUT2D eigenvalue weighted by Gasteiger charge is -2.17. The molecule has 0 spiro atoms. The third-order valence-electron chi connectivity index (χ3n) is 3.48. The van der Waals surface area contributed by atoms with E-state index in [0.29, 0.717) is 10.0 Å². The molecule has 2 aromatic carbocycles. The van der Waals surface area contributed by atoms with Gasteiger partial charge in [-0.15, -0.1) is 0 Å². The Balaban J connectivity index is 1.94. The molecule has 2 aromatic rings. The number of amides is 1. The molecule has 1 amide bonds. The molecule has 0 aliphatic rings. The highest BCUT2D eigenvalue weighted by Gasteiger charge is 2.20. The van der Waals surface area contributed by atoms with Crippen molar-refractivity contribution in [3.05, 3.63) is 64.1 Å². The molecular weight excluding hydrogens is 319 g/mol. The molecule has 0 radical (unpaired) electrons. The highest BCUT2D eigenvalue weighted by Crippen LogP contribution is 2.15. The number of carbonyl (C=O) groups excluding carboxylic acids is 1. The molecule has 0 saturated carbocycles. The van der Waals surface area contributed by atoms with Crippen LogP contribution >= 0.6 is 23.2 Å². The van der Waals surface area contributed by atoms with Crippen LogP contribution in [0.2, 0.25) is 10.0 Å². The number of hydrogen-bond donors (Lipinski definition) is 2. The second-order valence-electron chi connectivity index (χ2n) is 5.32. The molecule has 2 atom stereocenters. The van der Waals surface area contributed by atoms with E-state index < -0.39 is 0 Å². The lowest BCUT2D eigenvalue weighted by atomic mass is 10.1. The van der Waals surface area contributed by atoms with Crippen molar-refractivity contribution in [3.8, 4) is 0 Å². The zero-order valence-electron chi connectivity index (χ0n) is 12.5. The number of hydrogen-bond acceptors (Lipinski definition) is 1. The molecule has 5 heteroatoms. The number of nitrogens with two attached hydrogens (primary N) is 1. The second kappa shape index (κ2) is 7.63. The Morgan fingerprint density at radius 3 is 2.36 bits per heavy atom. The van der Waals surface area contributed by atoms with E-state index in [4.69, 9.17) is 23.2 Å². The fourth-order valence-electron chi connectivity index (χ4n) is 2.21. The van der Waals surface area contributed by atoms with Crippen LogP contribution in [-0.4, -0.2) is 11.9 Å². The van der Waals surface area contributed by atoms with Gasteiger partial charge >= 0.3 is 0 Å². The topological polar surface area (TPSA) is 45.7 Å². The van der Waals surface area contributed by atoms with Gasteiger partial charge < -0.3 is 10.6 Å². The molecule has 0 aromatic heterocycles. The van der Waals surface area contributed by atoms with Crippen LogP contribution in [0.3, 0.4) is 0 Å². The van der Waals surface area contributed by atoms with E-state index in [1.807, 2.05) is 36.5 Å². The predicted molar refractivity (Wildman–Crippen MR) is 91.3 cm³/mol. The number of rotatable bonds is 5. The minimum Gasteiger partial charge on any atom is -0.330 e. The summed E-state index contributed by atoms with van der Waals surface area (Å²) in [6.07, 6.45) is 0. The van der Waals surface area contributed by atoms with Gasteiger partial charge in [0.05, 0.1) is 0 Å². The van der Waals surface area contributed by atoms with Gasteiger partial charge in [0.1, 0.15) is 6.04 Å². The van der Waals surface area contributed by atoms with Crippen LogP contribution in [-0.2, 0) is 4.79 Å². The molecule has 116 valence electrons. The number of halogens is 2. The summed E-state index contributed by atoms with van der Waals surface area (Å²) in [7, 11) is 0. The Labute approximate surface area is 140 Å². The zero-order chi connectivity index (χ0) is 16.1. The maximum Gasteiger partial charge on any atom is 0.282 e. The molecular formula is C17H19Cl2N2O+. The highest BCUT2D eigenvalue weighted by molar-refractivity contribution is 6.30. The highest BCUT2D eigenvalue weighted by atomic mass is 35.5. The molecule has 0 heterocycles. The predicted octanol–water partition coefficient (Wildman–Crippen LogP) is 3.65. The van der Waals surface area contributed by atoms with Gasteiger partial charge in [0, 0.05) is 21.3 Å². The Bertz CT molecular complexity index is 643. The van der Waals surface area contributed by atoms with Crippen LogP contribution in [0.15, 0.2) is 48.5 Å². The van der Waals surface area contributed by atoms with E-state index in [1.165, 1.54) is 0 Å². The summed E-state index contributed by atoms with van der Waals surface area (Å²) >= 11 is 11.8. The van der Waals surface area contributed by atoms with Crippen molar-refractivity contribution in [3.63, 3.8) is 0 Å². The SMILES string of the molecule is C[C@H]([NH2+][C@H](C)c1cccc(Cl)c1)C(=O)Nc1ccc(Cl)cc1. The second-order valence-corrected chi connectivity index (χ2v) is 6.19. The van der Waals surface area contributed by atoms with Gasteiger partial charge in [-0.3, -0.25) is 4.79 Å². The number of anilines is 1. The molecule has 0 bridgehead atoms. The molecule has 0 aliphatic heterocycles. The summed E-state index contributed by atoms with van der Waals surface area (Å²) in [5, 5.41) is 6.24. The average molecular weight is 338 g/mol. The summed E-state index contributed by atoms with van der Waals surface area (Å²) in [5.41, 5.74) is 1.84. The molecule has 3 nitrogen and oxygen atoms in total. The van der Waals surface area contributed by atoms with Gasteiger partial charge in [-0.05, 0) is 50.2 Å². The lowest BCUT2D eigenvalue weighted by molar-refractivity contribution is -0.709. The molecule has 3 N–H and O–H groups in total.